The van der Waals surface area contributed by atoms with E-state index in [0.717, 1.165) is 29.1 Å². The van der Waals surface area contributed by atoms with Crippen LogP contribution in [0.3, 0.4) is 0 Å². The molecule has 0 radical (unpaired) electrons. The number of nitrogens with zero attached hydrogens (tertiary/aromatic N) is 1. The Hall–Kier alpha value is -1.48. The Labute approximate surface area is 161 Å². The minimum Gasteiger partial charge on any atom is -0.493 e. The number of ether oxygens (including phenoxy) is 3. The molecule has 7 heteroatoms. The molecular weight excluding hydrogens is 421 g/mol. The Morgan fingerprint density at radius 1 is 1.25 bits per heavy atom. The van der Waals surface area contributed by atoms with Crippen LogP contribution in [0.2, 0.25) is 0 Å². The molecule has 0 aliphatic rings. The van der Waals surface area contributed by atoms with Gasteiger partial charge in [0.25, 0.3) is 0 Å². The number of halogens is 1. The molecule has 0 aromatic heterocycles. The maximum Gasteiger partial charge on any atom is 0.188 e. The highest BCUT2D eigenvalue weighted by Gasteiger charge is 2.04. The second kappa shape index (κ2) is 12.9. The number of benzene rings is 1. The summed E-state index contributed by atoms with van der Waals surface area (Å²) >= 11 is 0. The molecular formula is C17H28IN3O3. The van der Waals surface area contributed by atoms with Crippen molar-refractivity contribution in [1.29, 1.82) is 0 Å². The molecule has 1 aromatic rings. The fourth-order valence-electron chi connectivity index (χ4n) is 1.90. The fraction of sp³-hybridized carbons (Fsp3) is 0.471. The molecule has 0 aliphatic heterocycles. The number of hydrogen-bond donors (Lipinski definition) is 2. The Kier molecular flexibility index (Phi) is 12.1. The molecule has 24 heavy (non-hydrogen) atoms. The number of nitrogens with two attached hydrogens (primary N) is 1. The molecule has 3 N–H and O–H groups in total. The van der Waals surface area contributed by atoms with Crippen molar-refractivity contribution in [3.8, 4) is 11.5 Å². The third-order valence-electron chi connectivity index (χ3n) is 3.03. The molecule has 0 heterocycles. The zero-order valence-corrected chi connectivity index (χ0v) is 17.0. The van der Waals surface area contributed by atoms with Crippen molar-refractivity contribution in [2.75, 3.05) is 40.5 Å². The average Bonchev–Trinajstić information content (AvgIpc) is 2.54. The van der Waals surface area contributed by atoms with Crippen molar-refractivity contribution < 1.29 is 14.2 Å². The molecule has 1 aromatic carbocycles. The lowest BCUT2D eigenvalue weighted by atomic mass is 10.1. The number of methoxy groups -OCH3 is 2. The molecule has 0 unspecified atom stereocenters. The van der Waals surface area contributed by atoms with Gasteiger partial charge in [0.2, 0.25) is 0 Å². The van der Waals surface area contributed by atoms with Crippen molar-refractivity contribution in [2.24, 2.45) is 10.7 Å². The fourth-order valence-corrected chi connectivity index (χ4v) is 1.90. The van der Waals surface area contributed by atoms with E-state index in [1.54, 1.807) is 14.2 Å². The normalized spacial score (nSPS) is 10.7. The van der Waals surface area contributed by atoms with E-state index in [1.807, 2.05) is 25.1 Å². The van der Waals surface area contributed by atoms with Crippen LogP contribution in [-0.4, -0.2) is 46.5 Å². The Bertz CT molecular complexity index is 536. The number of guanidine groups is 1. The minimum atomic E-state index is 0. The monoisotopic (exact) mass is 449 g/mol. The van der Waals surface area contributed by atoms with E-state index < -0.39 is 0 Å². The Morgan fingerprint density at radius 2 is 1.96 bits per heavy atom. The van der Waals surface area contributed by atoms with E-state index >= 15 is 0 Å². The highest BCUT2D eigenvalue weighted by molar-refractivity contribution is 14.0. The average molecular weight is 449 g/mol. The summed E-state index contributed by atoms with van der Waals surface area (Å²) < 4.78 is 15.8. The largest absolute Gasteiger partial charge is 0.493 e. The van der Waals surface area contributed by atoms with Crippen LogP contribution in [0.1, 0.15) is 12.5 Å². The molecule has 0 spiro atoms. The van der Waals surface area contributed by atoms with E-state index in [-0.39, 0.29) is 24.0 Å². The van der Waals surface area contributed by atoms with Gasteiger partial charge in [-0.25, -0.2) is 0 Å². The second-order valence-electron chi connectivity index (χ2n) is 5.14. The van der Waals surface area contributed by atoms with Crippen LogP contribution in [-0.2, 0) is 11.2 Å². The highest BCUT2D eigenvalue weighted by Crippen LogP contribution is 2.27. The Morgan fingerprint density at radius 3 is 2.58 bits per heavy atom. The van der Waals surface area contributed by atoms with Crippen LogP contribution in [0.4, 0.5) is 0 Å². The van der Waals surface area contributed by atoms with Crippen molar-refractivity contribution in [1.82, 2.24) is 5.32 Å². The van der Waals surface area contributed by atoms with Gasteiger partial charge in [-0.05, 0) is 31.0 Å². The first-order valence-corrected chi connectivity index (χ1v) is 7.53. The predicted octanol–water partition coefficient (Wildman–Crippen LogP) is 2.36. The third-order valence-corrected chi connectivity index (χ3v) is 3.03. The number of hydrogen-bond acceptors (Lipinski definition) is 4. The van der Waals surface area contributed by atoms with Gasteiger partial charge in [0, 0.05) is 6.54 Å². The van der Waals surface area contributed by atoms with Gasteiger partial charge in [-0.15, -0.1) is 24.0 Å². The van der Waals surface area contributed by atoms with Crippen molar-refractivity contribution in [3.05, 3.63) is 35.9 Å². The van der Waals surface area contributed by atoms with Crippen molar-refractivity contribution in [2.45, 2.75) is 13.3 Å². The lowest BCUT2D eigenvalue weighted by molar-refractivity contribution is 0.164. The maximum absolute atomic E-state index is 5.80. The summed E-state index contributed by atoms with van der Waals surface area (Å²) in [5.74, 6) is 1.87. The summed E-state index contributed by atoms with van der Waals surface area (Å²) in [5.41, 5.74) is 7.93. The zero-order chi connectivity index (χ0) is 17.1. The Balaban J connectivity index is 0.00000529. The number of rotatable bonds is 10. The van der Waals surface area contributed by atoms with E-state index in [2.05, 4.69) is 16.9 Å². The first-order chi connectivity index (χ1) is 11.1. The molecule has 136 valence electrons. The summed E-state index contributed by atoms with van der Waals surface area (Å²) in [6.45, 7) is 8.00. The number of nitrogens with one attached hydrogen (secondary N) is 1. The lowest BCUT2D eigenvalue weighted by Gasteiger charge is -2.10. The lowest BCUT2D eigenvalue weighted by Crippen LogP contribution is -2.33. The smallest absolute Gasteiger partial charge is 0.188 e. The summed E-state index contributed by atoms with van der Waals surface area (Å²) in [6.07, 6.45) is 0.808. The van der Waals surface area contributed by atoms with Gasteiger partial charge in [-0.2, -0.15) is 0 Å². The SMILES string of the molecule is C=C(C)COCCN=C(N)NCCc1ccc(OC)c(OC)c1.I. The summed E-state index contributed by atoms with van der Waals surface area (Å²) in [7, 11) is 3.25. The standard InChI is InChI=1S/C17H27N3O3.HI/c1-13(2)12-23-10-9-20-17(18)19-8-7-14-5-6-15(21-3)16(11-14)22-4;/h5-6,11H,1,7-10,12H2,2-4H3,(H3,18,19,20);1H. The summed E-state index contributed by atoms with van der Waals surface area (Å²) in [4.78, 5) is 4.20. The molecule has 0 aliphatic carbocycles. The summed E-state index contributed by atoms with van der Waals surface area (Å²) in [5, 5.41) is 3.08. The molecule has 0 amide bonds. The van der Waals surface area contributed by atoms with Gasteiger partial charge >= 0.3 is 0 Å². The molecule has 0 bridgehead atoms. The van der Waals surface area contributed by atoms with Crippen LogP contribution in [0, 0.1) is 0 Å². The molecule has 0 fully saturated rings. The summed E-state index contributed by atoms with van der Waals surface area (Å²) in [6, 6.07) is 5.85. The van der Waals surface area contributed by atoms with Gasteiger partial charge in [-0.1, -0.05) is 18.2 Å². The molecule has 0 saturated heterocycles. The highest BCUT2D eigenvalue weighted by atomic mass is 127. The van der Waals surface area contributed by atoms with Gasteiger partial charge in [0.15, 0.2) is 17.5 Å². The molecule has 1 rings (SSSR count). The van der Waals surface area contributed by atoms with Crippen molar-refractivity contribution in [3.63, 3.8) is 0 Å². The van der Waals surface area contributed by atoms with Crippen LogP contribution >= 0.6 is 24.0 Å². The minimum absolute atomic E-state index is 0. The van der Waals surface area contributed by atoms with E-state index in [0.29, 0.717) is 32.3 Å². The molecule has 6 nitrogen and oxygen atoms in total. The van der Waals surface area contributed by atoms with Crippen molar-refractivity contribution >= 4 is 29.9 Å². The maximum atomic E-state index is 5.80. The van der Waals surface area contributed by atoms with Gasteiger partial charge in [0.1, 0.15) is 0 Å². The van der Waals surface area contributed by atoms with Crippen LogP contribution in [0.5, 0.6) is 11.5 Å². The van der Waals surface area contributed by atoms with E-state index in [1.165, 1.54) is 0 Å². The third kappa shape index (κ3) is 8.97. The second-order valence-corrected chi connectivity index (χ2v) is 5.14. The van der Waals surface area contributed by atoms with Gasteiger partial charge in [0.05, 0.1) is 34.0 Å². The number of aliphatic imine (C=N–C) groups is 1. The topological polar surface area (TPSA) is 78.1 Å². The van der Waals surface area contributed by atoms with E-state index in [4.69, 9.17) is 19.9 Å². The van der Waals surface area contributed by atoms with Crippen LogP contribution in [0.25, 0.3) is 0 Å². The predicted molar refractivity (Wildman–Crippen MR) is 109 cm³/mol. The quantitative estimate of drug-likeness (QED) is 0.189. The first-order valence-electron chi connectivity index (χ1n) is 7.53. The van der Waals surface area contributed by atoms with E-state index in [9.17, 15) is 0 Å². The van der Waals surface area contributed by atoms with Gasteiger partial charge < -0.3 is 25.3 Å². The first kappa shape index (κ1) is 22.5. The van der Waals surface area contributed by atoms with Crippen LogP contribution in [0.15, 0.2) is 35.3 Å². The molecule has 0 saturated carbocycles. The van der Waals surface area contributed by atoms with Crippen LogP contribution < -0.4 is 20.5 Å². The zero-order valence-electron chi connectivity index (χ0n) is 14.6. The van der Waals surface area contributed by atoms with Gasteiger partial charge in [-0.3, -0.25) is 4.99 Å². The molecule has 0 atom stereocenters.